The van der Waals surface area contributed by atoms with Crippen LogP contribution in [0.15, 0.2) is 39.3 Å². The molecule has 1 amide bonds. The van der Waals surface area contributed by atoms with Crippen LogP contribution in [0.4, 0.5) is 4.39 Å². The average molecular weight is 448 g/mol. The highest BCUT2D eigenvalue weighted by molar-refractivity contribution is 6.33. The second-order valence-corrected chi connectivity index (χ2v) is 7.79. The number of rotatable bonds is 6. The van der Waals surface area contributed by atoms with Crippen LogP contribution in [0.3, 0.4) is 0 Å². The molecule has 0 aliphatic carbocycles. The highest BCUT2D eigenvalue weighted by Gasteiger charge is 2.29. The Labute approximate surface area is 184 Å². The van der Waals surface area contributed by atoms with Crippen LogP contribution in [0, 0.1) is 19.7 Å². The molecule has 0 saturated carbocycles. The van der Waals surface area contributed by atoms with Crippen LogP contribution in [0.25, 0.3) is 11.3 Å². The SMILES string of the molecule is Cc1ccc([C@@H](CNC(=O)c2c(-c3c(F)cccc3Cl)noc2C)N2CCOCC2)o1. The van der Waals surface area contributed by atoms with Crippen LogP contribution in [-0.2, 0) is 4.74 Å². The topological polar surface area (TPSA) is 80.7 Å². The van der Waals surface area contributed by atoms with E-state index in [1.165, 1.54) is 12.1 Å². The summed E-state index contributed by atoms with van der Waals surface area (Å²) in [7, 11) is 0. The van der Waals surface area contributed by atoms with Gasteiger partial charge in [-0.25, -0.2) is 4.39 Å². The van der Waals surface area contributed by atoms with Crippen LogP contribution in [0.5, 0.6) is 0 Å². The summed E-state index contributed by atoms with van der Waals surface area (Å²) in [5.41, 5.74) is 0.274. The molecule has 2 aromatic heterocycles. The molecule has 0 bridgehead atoms. The number of benzene rings is 1. The quantitative estimate of drug-likeness (QED) is 0.611. The molecular formula is C22H23ClFN3O4. The number of carbonyl (C=O) groups is 1. The van der Waals surface area contributed by atoms with Gasteiger partial charge in [-0.05, 0) is 38.1 Å². The number of morpholine rings is 1. The second-order valence-electron chi connectivity index (χ2n) is 7.38. The molecule has 0 spiro atoms. The molecule has 0 radical (unpaired) electrons. The minimum atomic E-state index is -0.577. The zero-order valence-electron chi connectivity index (χ0n) is 17.3. The maximum Gasteiger partial charge on any atom is 0.257 e. The number of furan rings is 1. The van der Waals surface area contributed by atoms with Gasteiger partial charge in [0.05, 0.1) is 29.8 Å². The number of hydrogen-bond acceptors (Lipinski definition) is 6. The molecule has 1 aliphatic heterocycles. The Hall–Kier alpha value is -2.68. The van der Waals surface area contributed by atoms with Gasteiger partial charge in [-0.3, -0.25) is 9.69 Å². The van der Waals surface area contributed by atoms with E-state index in [1.807, 2.05) is 19.1 Å². The Balaban J connectivity index is 1.58. The molecule has 164 valence electrons. The van der Waals surface area contributed by atoms with E-state index in [0.29, 0.717) is 19.8 Å². The van der Waals surface area contributed by atoms with E-state index in [9.17, 15) is 9.18 Å². The molecule has 4 rings (SSSR count). The number of nitrogens with zero attached hydrogens (tertiary/aromatic N) is 2. The van der Waals surface area contributed by atoms with Gasteiger partial charge in [0.1, 0.15) is 34.4 Å². The Morgan fingerprint density at radius 1 is 1.26 bits per heavy atom. The average Bonchev–Trinajstić information content (AvgIpc) is 3.34. The van der Waals surface area contributed by atoms with Crippen molar-refractivity contribution in [3.05, 3.63) is 64.0 Å². The molecule has 9 heteroatoms. The van der Waals surface area contributed by atoms with Crippen molar-refractivity contribution >= 4 is 17.5 Å². The molecule has 1 fully saturated rings. The van der Waals surface area contributed by atoms with E-state index in [0.717, 1.165) is 24.6 Å². The maximum atomic E-state index is 14.4. The van der Waals surface area contributed by atoms with E-state index in [-0.39, 0.29) is 33.6 Å². The van der Waals surface area contributed by atoms with Crippen molar-refractivity contribution in [2.75, 3.05) is 32.8 Å². The zero-order chi connectivity index (χ0) is 22.0. The van der Waals surface area contributed by atoms with Gasteiger partial charge < -0.3 is 19.0 Å². The monoisotopic (exact) mass is 447 g/mol. The molecule has 1 saturated heterocycles. The lowest BCUT2D eigenvalue weighted by Gasteiger charge is -2.33. The Bertz CT molecular complexity index is 1050. The summed E-state index contributed by atoms with van der Waals surface area (Å²) in [4.78, 5) is 15.3. The van der Waals surface area contributed by atoms with Gasteiger partial charge in [0.25, 0.3) is 5.91 Å². The number of hydrogen-bond donors (Lipinski definition) is 1. The smallest absolute Gasteiger partial charge is 0.257 e. The highest BCUT2D eigenvalue weighted by atomic mass is 35.5. The lowest BCUT2D eigenvalue weighted by molar-refractivity contribution is 0.0117. The lowest BCUT2D eigenvalue weighted by Crippen LogP contribution is -2.43. The maximum absolute atomic E-state index is 14.4. The van der Waals surface area contributed by atoms with Crippen molar-refractivity contribution in [2.24, 2.45) is 0 Å². The van der Waals surface area contributed by atoms with Crippen molar-refractivity contribution in [2.45, 2.75) is 19.9 Å². The summed E-state index contributed by atoms with van der Waals surface area (Å²) >= 11 is 6.18. The molecular weight excluding hydrogens is 425 g/mol. The Kier molecular flexibility index (Phi) is 6.41. The van der Waals surface area contributed by atoms with Gasteiger partial charge >= 0.3 is 0 Å². The summed E-state index contributed by atoms with van der Waals surface area (Å²) in [6.45, 7) is 6.46. The molecule has 7 nitrogen and oxygen atoms in total. The molecule has 1 atom stereocenters. The van der Waals surface area contributed by atoms with E-state index in [4.69, 9.17) is 25.3 Å². The molecule has 0 unspecified atom stereocenters. The van der Waals surface area contributed by atoms with Crippen LogP contribution in [0.2, 0.25) is 5.02 Å². The zero-order valence-corrected chi connectivity index (χ0v) is 18.0. The molecule has 31 heavy (non-hydrogen) atoms. The normalized spacial score (nSPS) is 15.7. The first-order valence-corrected chi connectivity index (χ1v) is 10.4. The van der Waals surface area contributed by atoms with Crippen molar-refractivity contribution in [3.63, 3.8) is 0 Å². The molecule has 1 aromatic carbocycles. The minimum Gasteiger partial charge on any atom is -0.465 e. The van der Waals surface area contributed by atoms with Crippen molar-refractivity contribution in [1.29, 1.82) is 0 Å². The number of amides is 1. The predicted octanol–water partition coefficient (Wildman–Crippen LogP) is 4.15. The number of halogens is 2. The van der Waals surface area contributed by atoms with Crippen LogP contribution in [-0.4, -0.2) is 48.8 Å². The van der Waals surface area contributed by atoms with Crippen molar-refractivity contribution in [3.8, 4) is 11.3 Å². The number of aromatic nitrogens is 1. The minimum absolute atomic E-state index is 0.0394. The van der Waals surface area contributed by atoms with Gasteiger partial charge in [0, 0.05) is 19.6 Å². The fraction of sp³-hybridized carbons (Fsp3) is 0.364. The van der Waals surface area contributed by atoms with Crippen LogP contribution < -0.4 is 5.32 Å². The first kappa shape index (κ1) is 21.5. The van der Waals surface area contributed by atoms with Gasteiger partial charge in [0.2, 0.25) is 0 Å². The van der Waals surface area contributed by atoms with Gasteiger partial charge in [-0.2, -0.15) is 0 Å². The van der Waals surface area contributed by atoms with E-state index in [1.54, 1.807) is 13.0 Å². The molecule has 3 heterocycles. The molecule has 3 aromatic rings. The third-order valence-corrected chi connectivity index (χ3v) is 5.64. The number of ether oxygens (including phenoxy) is 1. The number of nitrogens with one attached hydrogen (secondary N) is 1. The summed E-state index contributed by atoms with van der Waals surface area (Å²) in [5.74, 6) is 0.843. The van der Waals surface area contributed by atoms with Crippen molar-refractivity contribution < 1.29 is 22.9 Å². The Morgan fingerprint density at radius 3 is 2.71 bits per heavy atom. The fourth-order valence-electron chi connectivity index (χ4n) is 3.74. The third kappa shape index (κ3) is 4.51. The van der Waals surface area contributed by atoms with E-state index >= 15 is 0 Å². The number of aryl methyl sites for hydroxylation is 2. The summed E-state index contributed by atoms with van der Waals surface area (Å²) in [6, 6.07) is 7.94. The van der Waals surface area contributed by atoms with Crippen LogP contribution in [0.1, 0.15) is 33.7 Å². The van der Waals surface area contributed by atoms with Gasteiger partial charge in [0.15, 0.2) is 0 Å². The number of carbonyl (C=O) groups excluding carboxylic acids is 1. The third-order valence-electron chi connectivity index (χ3n) is 5.32. The lowest BCUT2D eigenvalue weighted by atomic mass is 10.0. The second kappa shape index (κ2) is 9.21. The largest absolute Gasteiger partial charge is 0.465 e. The fourth-order valence-corrected chi connectivity index (χ4v) is 4.00. The summed E-state index contributed by atoms with van der Waals surface area (Å²) in [6.07, 6.45) is 0. The predicted molar refractivity (Wildman–Crippen MR) is 113 cm³/mol. The Morgan fingerprint density at radius 2 is 2.03 bits per heavy atom. The summed E-state index contributed by atoms with van der Waals surface area (Å²) in [5, 5.41) is 6.99. The van der Waals surface area contributed by atoms with Gasteiger partial charge in [-0.1, -0.05) is 22.8 Å². The molecule has 1 aliphatic rings. The first-order chi connectivity index (χ1) is 15.0. The summed E-state index contributed by atoms with van der Waals surface area (Å²) < 4.78 is 30.9. The van der Waals surface area contributed by atoms with Crippen LogP contribution >= 0.6 is 11.6 Å². The van der Waals surface area contributed by atoms with Crippen molar-refractivity contribution in [1.82, 2.24) is 15.4 Å². The molecule has 1 N–H and O–H groups in total. The first-order valence-electron chi connectivity index (χ1n) is 10.0. The van der Waals surface area contributed by atoms with E-state index < -0.39 is 11.7 Å². The standard InChI is InChI=1S/C22H23ClFN3O4/c1-13-6-7-18(30-13)17(27-8-10-29-11-9-27)12-25-22(28)19-14(2)31-26-21(19)20-15(23)4-3-5-16(20)24/h3-7,17H,8-12H2,1-2H3,(H,25,28)/t17-/m1/s1. The highest BCUT2D eigenvalue weighted by Crippen LogP contribution is 2.33. The van der Waals surface area contributed by atoms with Gasteiger partial charge in [-0.15, -0.1) is 0 Å². The van der Waals surface area contributed by atoms with E-state index in [2.05, 4.69) is 15.4 Å².